The Morgan fingerprint density at radius 1 is 1.22 bits per heavy atom. The second-order valence-electron chi connectivity index (χ2n) is 4.04. The van der Waals surface area contributed by atoms with E-state index in [0.717, 1.165) is 37.9 Å². The second-order valence-corrected chi connectivity index (χ2v) is 4.04. The maximum Gasteiger partial charge on any atom is 0.269 e. The predicted octanol–water partition coefficient (Wildman–Crippen LogP) is 2.42. The molecule has 0 fully saturated rings. The minimum absolute atomic E-state index is 0.128. The number of nitriles is 1. The summed E-state index contributed by atoms with van der Waals surface area (Å²) in [7, 11) is 0. The van der Waals surface area contributed by atoms with Crippen LogP contribution >= 0.6 is 0 Å². The van der Waals surface area contributed by atoms with Crippen LogP contribution in [0.3, 0.4) is 0 Å². The summed E-state index contributed by atoms with van der Waals surface area (Å²) in [6.45, 7) is 1.76. The van der Waals surface area contributed by atoms with Crippen LogP contribution in [0.25, 0.3) is 0 Å². The van der Waals surface area contributed by atoms with Gasteiger partial charge in [0.05, 0.1) is 11.0 Å². The van der Waals surface area contributed by atoms with Gasteiger partial charge in [-0.15, -0.1) is 0 Å². The van der Waals surface area contributed by atoms with Crippen molar-refractivity contribution in [3.05, 3.63) is 39.9 Å². The Kier molecular flexibility index (Phi) is 6.44. The first-order valence-electron chi connectivity index (χ1n) is 6.05. The number of nitro benzene ring substituents is 1. The average molecular weight is 247 g/mol. The Labute approximate surface area is 107 Å². The zero-order valence-electron chi connectivity index (χ0n) is 10.3. The minimum atomic E-state index is -0.392. The van der Waals surface area contributed by atoms with Crippen LogP contribution in [0, 0.1) is 21.4 Å². The monoisotopic (exact) mass is 247 g/mol. The third kappa shape index (κ3) is 5.41. The maximum absolute atomic E-state index is 10.5. The molecule has 1 aromatic carbocycles. The maximum atomic E-state index is 10.5. The molecule has 0 aromatic heterocycles. The zero-order chi connectivity index (χ0) is 13.2. The van der Waals surface area contributed by atoms with Crippen molar-refractivity contribution in [2.75, 3.05) is 13.1 Å². The van der Waals surface area contributed by atoms with Crippen LogP contribution in [-0.2, 0) is 6.42 Å². The van der Waals surface area contributed by atoms with Crippen molar-refractivity contribution in [3.8, 4) is 6.07 Å². The second kappa shape index (κ2) is 8.20. The van der Waals surface area contributed by atoms with Gasteiger partial charge in [0.1, 0.15) is 0 Å². The summed E-state index contributed by atoms with van der Waals surface area (Å²) in [5.74, 6) is 0. The summed E-state index contributed by atoms with van der Waals surface area (Å²) in [6.07, 6.45) is 3.41. The fourth-order valence-electron chi connectivity index (χ4n) is 1.60. The smallest absolute Gasteiger partial charge is 0.269 e. The van der Waals surface area contributed by atoms with Gasteiger partial charge in [-0.25, -0.2) is 0 Å². The van der Waals surface area contributed by atoms with Crippen LogP contribution in [0.15, 0.2) is 24.3 Å². The summed E-state index contributed by atoms with van der Waals surface area (Å²) in [5, 5.41) is 22.1. The normalized spacial score (nSPS) is 9.94. The van der Waals surface area contributed by atoms with Crippen molar-refractivity contribution in [3.63, 3.8) is 0 Å². The lowest BCUT2D eigenvalue weighted by molar-refractivity contribution is -0.384. The molecule has 0 heterocycles. The van der Waals surface area contributed by atoms with Crippen molar-refractivity contribution < 1.29 is 4.92 Å². The fraction of sp³-hybridized carbons (Fsp3) is 0.462. The molecule has 0 amide bonds. The average Bonchev–Trinajstić information content (AvgIpc) is 2.38. The van der Waals surface area contributed by atoms with Gasteiger partial charge in [-0.1, -0.05) is 12.1 Å². The number of hydrogen-bond donors (Lipinski definition) is 1. The quantitative estimate of drug-likeness (QED) is 0.434. The topological polar surface area (TPSA) is 79.0 Å². The van der Waals surface area contributed by atoms with Gasteiger partial charge in [0, 0.05) is 18.6 Å². The van der Waals surface area contributed by atoms with E-state index in [2.05, 4.69) is 11.4 Å². The molecule has 1 aromatic rings. The molecule has 0 aliphatic heterocycles. The molecule has 5 heteroatoms. The third-order valence-corrected chi connectivity index (χ3v) is 2.63. The molecule has 5 nitrogen and oxygen atoms in total. The molecule has 0 radical (unpaired) electrons. The standard InChI is InChI=1S/C13H17N3O2/c14-9-2-1-3-10-15-11-8-12-4-6-13(7-5-12)16(17)18/h4-7,15H,1-3,8,10-11H2. The molecule has 0 aliphatic rings. The van der Waals surface area contributed by atoms with Crippen LogP contribution in [0.5, 0.6) is 0 Å². The van der Waals surface area contributed by atoms with Gasteiger partial charge in [0.2, 0.25) is 0 Å². The van der Waals surface area contributed by atoms with Gasteiger partial charge in [-0.3, -0.25) is 10.1 Å². The molecule has 1 rings (SSSR count). The highest BCUT2D eigenvalue weighted by molar-refractivity contribution is 5.32. The SMILES string of the molecule is N#CCCCCNCCc1ccc([N+](=O)[O-])cc1. The Morgan fingerprint density at radius 2 is 1.94 bits per heavy atom. The summed E-state index contributed by atoms with van der Waals surface area (Å²) >= 11 is 0. The lowest BCUT2D eigenvalue weighted by Crippen LogP contribution is -2.18. The highest BCUT2D eigenvalue weighted by Crippen LogP contribution is 2.11. The number of unbranched alkanes of at least 4 members (excludes halogenated alkanes) is 2. The Hall–Kier alpha value is -1.93. The zero-order valence-corrected chi connectivity index (χ0v) is 10.3. The van der Waals surface area contributed by atoms with Crippen LogP contribution < -0.4 is 5.32 Å². The highest BCUT2D eigenvalue weighted by atomic mass is 16.6. The number of nitrogens with zero attached hydrogens (tertiary/aromatic N) is 2. The van der Waals surface area contributed by atoms with Gasteiger partial charge in [0.15, 0.2) is 0 Å². The number of nitrogens with one attached hydrogen (secondary N) is 1. The summed E-state index contributed by atoms with van der Waals surface area (Å²) in [6, 6.07) is 8.75. The van der Waals surface area contributed by atoms with Crippen molar-refractivity contribution in [2.45, 2.75) is 25.7 Å². The molecule has 0 bridgehead atoms. The van der Waals surface area contributed by atoms with E-state index in [1.54, 1.807) is 12.1 Å². The van der Waals surface area contributed by atoms with E-state index >= 15 is 0 Å². The molecule has 0 spiro atoms. The molecule has 0 saturated carbocycles. The lowest BCUT2D eigenvalue weighted by Gasteiger charge is -2.04. The van der Waals surface area contributed by atoms with Crippen LogP contribution in [-0.4, -0.2) is 18.0 Å². The Balaban J connectivity index is 2.16. The van der Waals surface area contributed by atoms with E-state index in [1.807, 2.05) is 0 Å². The van der Waals surface area contributed by atoms with Crippen LogP contribution in [0.4, 0.5) is 5.69 Å². The van der Waals surface area contributed by atoms with Gasteiger partial charge < -0.3 is 5.32 Å². The molecule has 0 atom stereocenters. The molecule has 1 N–H and O–H groups in total. The predicted molar refractivity (Wildman–Crippen MR) is 69.1 cm³/mol. The number of nitro groups is 1. The molecule has 0 saturated heterocycles. The van der Waals surface area contributed by atoms with E-state index in [4.69, 9.17) is 5.26 Å². The number of non-ortho nitro benzene ring substituents is 1. The third-order valence-electron chi connectivity index (χ3n) is 2.63. The van der Waals surface area contributed by atoms with E-state index in [-0.39, 0.29) is 5.69 Å². The van der Waals surface area contributed by atoms with Crippen molar-refractivity contribution >= 4 is 5.69 Å². The summed E-state index contributed by atoms with van der Waals surface area (Å²) < 4.78 is 0. The lowest BCUT2D eigenvalue weighted by atomic mass is 10.1. The van der Waals surface area contributed by atoms with Crippen molar-refractivity contribution in [2.24, 2.45) is 0 Å². The first kappa shape index (κ1) is 14.1. The van der Waals surface area contributed by atoms with Gasteiger partial charge in [-0.05, 0) is 37.9 Å². The van der Waals surface area contributed by atoms with E-state index in [1.165, 1.54) is 12.1 Å². The molecular weight excluding hydrogens is 230 g/mol. The molecule has 18 heavy (non-hydrogen) atoms. The first-order chi connectivity index (χ1) is 8.74. The fourth-order valence-corrected chi connectivity index (χ4v) is 1.60. The van der Waals surface area contributed by atoms with Crippen molar-refractivity contribution in [1.29, 1.82) is 5.26 Å². The highest BCUT2D eigenvalue weighted by Gasteiger charge is 2.03. The minimum Gasteiger partial charge on any atom is -0.316 e. The summed E-state index contributed by atoms with van der Waals surface area (Å²) in [5.41, 5.74) is 1.22. The van der Waals surface area contributed by atoms with E-state index in [9.17, 15) is 10.1 Å². The van der Waals surface area contributed by atoms with Gasteiger partial charge in [-0.2, -0.15) is 5.26 Å². The number of hydrogen-bond acceptors (Lipinski definition) is 4. The number of rotatable bonds is 8. The van der Waals surface area contributed by atoms with Gasteiger partial charge in [0.25, 0.3) is 5.69 Å². The van der Waals surface area contributed by atoms with Crippen molar-refractivity contribution in [1.82, 2.24) is 5.32 Å². The first-order valence-corrected chi connectivity index (χ1v) is 6.05. The van der Waals surface area contributed by atoms with Gasteiger partial charge >= 0.3 is 0 Å². The molecule has 96 valence electrons. The molecule has 0 unspecified atom stereocenters. The Bertz CT molecular complexity index is 409. The molecule has 0 aliphatic carbocycles. The largest absolute Gasteiger partial charge is 0.316 e. The number of benzene rings is 1. The molecular formula is C13H17N3O2. The van der Waals surface area contributed by atoms with E-state index < -0.39 is 4.92 Å². The Morgan fingerprint density at radius 3 is 2.56 bits per heavy atom. The van der Waals surface area contributed by atoms with Crippen LogP contribution in [0.1, 0.15) is 24.8 Å². The summed E-state index contributed by atoms with van der Waals surface area (Å²) in [4.78, 5) is 10.1. The van der Waals surface area contributed by atoms with E-state index in [0.29, 0.717) is 6.42 Å². The van der Waals surface area contributed by atoms with Crippen LogP contribution in [0.2, 0.25) is 0 Å².